The van der Waals surface area contributed by atoms with Crippen molar-refractivity contribution >= 4 is 40.9 Å². The molecule has 0 spiro atoms. The van der Waals surface area contributed by atoms with E-state index in [-0.39, 0.29) is 12.0 Å². The van der Waals surface area contributed by atoms with E-state index in [1.807, 2.05) is 12.1 Å². The van der Waals surface area contributed by atoms with Crippen LogP contribution in [0.25, 0.3) is 0 Å². The number of rotatable bonds is 7. The Morgan fingerprint density at radius 2 is 1.49 bits per heavy atom. The van der Waals surface area contributed by atoms with Crippen molar-refractivity contribution in [3.05, 3.63) is 94.2 Å². The van der Waals surface area contributed by atoms with E-state index >= 15 is 0 Å². The lowest BCUT2D eigenvalue weighted by atomic mass is 9.86. The topological polar surface area (TPSA) is 92.3 Å². The molecular formula is C26H26Cl2N4O3. The molecule has 4 rings (SSSR count). The fraction of sp³-hybridized carbons (Fsp3) is 0.269. The smallest absolute Gasteiger partial charge is 0.412 e. The Bertz CT molecular complexity index is 1120. The average Bonchev–Trinajstić information content (AvgIpc) is 2.89. The van der Waals surface area contributed by atoms with Crippen LogP contribution in [0.4, 0.5) is 10.5 Å². The molecule has 0 bridgehead atoms. The van der Waals surface area contributed by atoms with Gasteiger partial charge in [0.15, 0.2) is 0 Å². The zero-order chi connectivity index (χ0) is 24.6. The average molecular weight is 513 g/mol. The van der Waals surface area contributed by atoms with Crippen LogP contribution in [0.5, 0.6) is 0 Å². The van der Waals surface area contributed by atoms with E-state index in [0.717, 1.165) is 31.5 Å². The van der Waals surface area contributed by atoms with Crippen molar-refractivity contribution in [2.45, 2.75) is 25.0 Å². The van der Waals surface area contributed by atoms with E-state index in [4.69, 9.17) is 27.9 Å². The molecule has 1 fully saturated rings. The van der Waals surface area contributed by atoms with Gasteiger partial charge < -0.3 is 15.4 Å². The number of ether oxygens (including phenoxy) is 1. The highest BCUT2D eigenvalue weighted by atomic mass is 35.5. The summed E-state index contributed by atoms with van der Waals surface area (Å²) < 4.78 is 5.63. The largest absolute Gasteiger partial charge is 0.431 e. The molecule has 1 aliphatic rings. The van der Waals surface area contributed by atoms with Gasteiger partial charge in [-0.1, -0.05) is 35.3 Å². The Morgan fingerprint density at radius 3 is 2.11 bits per heavy atom. The molecule has 2 aromatic carbocycles. The maximum Gasteiger partial charge on any atom is 0.412 e. The molecule has 7 nitrogen and oxygen atoms in total. The van der Waals surface area contributed by atoms with Gasteiger partial charge in [-0.2, -0.15) is 0 Å². The van der Waals surface area contributed by atoms with Crippen molar-refractivity contribution in [1.82, 2.24) is 15.6 Å². The molecule has 1 aromatic heterocycles. The monoisotopic (exact) mass is 512 g/mol. The van der Waals surface area contributed by atoms with Gasteiger partial charge in [-0.15, -0.1) is 0 Å². The fourth-order valence-corrected chi connectivity index (χ4v) is 4.40. The number of pyridine rings is 1. The third-order valence-electron chi connectivity index (χ3n) is 5.94. The SMILES string of the molecule is O=C(Nc1ccc(Cl)cc1)OC(C(=O)NC(c1ccncc1)C1CCNCC1)c1ccc(Cl)cc1. The summed E-state index contributed by atoms with van der Waals surface area (Å²) >= 11 is 12.0. The van der Waals surface area contributed by atoms with Gasteiger partial charge in [0.1, 0.15) is 0 Å². The summed E-state index contributed by atoms with van der Waals surface area (Å²) in [6, 6.07) is 16.8. The number of anilines is 1. The summed E-state index contributed by atoms with van der Waals surface area (Å²) in [6.45, 7) is 1.76. The van der Waals surface area contributed by atoms with Gasteiger partial charge in [-0.25, -0.2) is 4.79 Å². The number of carbonyl (C=O) groups is 2. The van der Waals surface area contributed by atoms with Crippen LogP contribution in [-0.4, -0.2) is 30.1 Å². The second-order valence-electron chi connectivity index (χ2n) is 8.32. The fourth-order valence-electron chi connectivity index (χ4n) is 4.15. The quantitative estimate of drug-likeness (QED) is 0.386. The van der Waals surface area contributed by atoms with E-state index in [2.05, 4.69) is 20.9 Å². The number of amides is 2. The summed E-state index contributed by atoms with van der Waals surface area (Å²) in [5.41, 5.74) is 1.97. The number of piperidine rings is 1. The van der Waals surface area contributed by atoms with Crippen LogP contribution >= 0.6 is 23.2 Å². The first-order valence-electron chi connectivity index (χ1n) is 11.4. The molecule has 9 heteroatoms. The molecule has 182 valence electrons. The molecule has 3 N–H and O–H groups in total. The summed E-state index contributed by atoms with van der Waals surface area (Å²) in [6.07, 6.45) is 3.31. The number of benzene rings is 2. The summed E-state index contributed by atoms with van der Waals surface area (Å²) in [5, 5.41) is 10.2. The zero-order valence-corrected chi connectivity index (χ0v) is 20.4. The van der Waals surface area contributed by atoms with Gasteiger partial charge >= 0.3 is 6.09 Å². The summed E-state index contributed by atoms with van der Waals surface area (Å²) in [5.74, 6) is -0.185. The molecule has 1 aliphatic heterocycles. The minimum absolute atomic E-state index is 0.233. The lowest BCUT2D eigenvalue weighted by Crippen LogP contribution is -2.41. The van der Waals surface area contributed by atoms with Crippen molar-refractivity contribution in [2.75, 3.05) is 18.4 Å². The van der Waals surface area contributed by atoms with E-state index in [1.165, 1.54) is 0 Å². The predicted octanol–water partition coefficient (Wildman–Crippen LogP) is 5.54. The van der Waals surface area contributed by atoms with Crippen LogP contribution in [-0.2, 0) is 9.53 Å². The highest BCUT2D eigenvalue weighted by Gasteiger charge is 2.32. The number of hydrogen-bond donors (Lipinski definition) is 3. The first-order valence-corrected chi connectivity index (χ1v) is 12.1. The molecule has 1 saturated heterocycles. The Labute approximate surface area is 214 Å². The van der Waals surface area contributed by atoms with Crippen molar-refractivity contribution in [2.24, 2.45) is 5.92 Å². The number of nitrogens with zero attached hydrogens (tertiary/aromatic N) is 1. The van der Waals surface area contributed by atoms with Crippen LogP contribution in [0, 0.1) is 5.92 Å². The number of hydrogen-bond acceptors (Lipinski definition) is 5. The highest BCUT2D eigenvalue weighted by Crippen LogP contribution is 2.30. The molecule has 2 unspecified atom stereocenters. The van der Waals surface area contributed by atoms with Gasteiger partial charge in [-0.3, -0.25) is 15.1 Å². The highest BCUT2D eigenvalue weighted by molar-refractivity contribution is 6.30. The summed E-state index contributed by atoms with van der Waals surface area (Å²) in [7, 11) is 0. The maximum atomic E-state index is 13.6. The normalized spacial score (nSPS) is 15.6. The molecule has 2 atom stereocenters. The van der Waals surface area contributed by atoms with Gasteiger partial charge in [0.05, 0.1) is 6.04 Å². The van der Waals surface area contributed by atoms with Crippen molar-refractivity contribution < 1.29 is 14.3 Å². The third kappa shape index (κ3) is 6.94. The van der Waals surface area contributed by atoms with Crippen molar-refractivity contribution in [1.29, 1.82) is 0 Å². The second-order valence-corrected chi connectivity index (χ2v) is 9.20. The van der Waals surface area contributed by atoms with Crippen LogP contribution < -0.4 is 16.0 Å². The van der Waals surface area contributed by atoms with Crippen LogP contribution in [0.3, 0.4) is 0 Å². The Kier molecular flexibility index (Phi) is 8.58. The van der Waals surface area contributed by atoms with E-state index in [1.54, 1.807) is 60.9 Å². The molecule has 0 saturated carbocycles. The molecule has 0 aliphatic carbocycles. The van der Waals surface area contributed by atoms with Gasteiger partial charge in [0, 0.05) is 33.7 Å². The minimum atomic E-state index is -1.18. The number of nitrogens with one attached hydrogen (secondary N) is 3. The molecule has 0 radical (unpaired) electrons. The molecule has 35 heavy (non-hydrogen) atoms. The molecule has 3 aromatic rings. The van der Waals surface area contributed by atoms with Gasteiger partial charge in [0.25, 0.3) is 5.91 Å². The Hall–Kier alpha value is -3.13. The third-order valence-corrected chi connectivity index (χ3v) is 6.45. The first kappa shape index (κ1) is 25.0. The Balaban J connectivity index is 1.56. The second kappa shape index (κ2) is 12.0. The van der Waals surface area contributed by atoms with Crippen LogP contribution in [0.2, 0.25) is 10.0 Å². The van der Waals surface area contributed by atoms with Crippen LogP contribution in [0.15, 0.2) is 73.1 Å². The predicted molar refractivity (Wildman–Crippen MR) is 136 cm³/mol. The van der Waals surface area contributed by atoms with Gasteiger partial charge in [0.2, 0.25) is 6.10 Å². The van der Waals surface area contributed by atoms with Crippen molar-refractivity contribution in [3.8, 4) is 0 Å². The molecular weight excluding hydrogens is 487 g/mol. The van der Waals surface area contributed by atoms with Crippen LogP contribution in [0.1, 0.15) is 36.1 Å². The number of carbonyl (C=O) groups excluding carboxylic acids is 2. The van der Waals surface area contributed by atoms with E-state index in [9.17, 15) is 9.59 Å². The lowest BCUT2D eigenvalue weighted by molar-refractivity contribution is -0.131. The zero-order valence-electron chi connectivity index (χ0n) is 18.9. The number of halogens is 2. The standard InChI is InChI=1S/C26H26Cl2N4O3/c27-20-3-1-19(2-4-20)24(35-26(34)31-22-7-5-21(28)6-8-22)25(33)32-23(17-9-13-29-14-10-17)18-11-15-30-16-12-18/h1-10,13-14,18,23-24,30H,11-12,15-16H2,(H,31,34)(H,32,33). The summed E-state index contributed by atoms with van der Waals surface area (Å²) in [4.78, 5) is 30.4. The Morgan fingerprint density at radius 1 is 0.886 bits per heavy atom. The first-order chi connectivity index (χ1) is 17.0. The lowest BCUT2D eigenvalue weighted by Gasteiger charge is -2.32. The number of aromatic nitrogens is 1. The maximum absolute atomic E-state index is 13.6. The molecule has 2 heterocycles. The van der Waals surface area contributed by atoms with Gasteiger partial charge in [-0.05, 0) is 85.9 Å². The van der Waals surface area contributed by atoms with E-state index in [0.29, 0.717) is 21.3 Å². The van der Waals surface area contributed by atoms with Crippen molar-refractivity contribution in [3.63, 3.8) is 0 Å². The van der Waals surface area contributed by atoms with E-state index < -0.39 is 18.1 Å². The minimum Gasteiger partial charge on any atom is -0.431 e. The molecule has 2 amide bonds.